The van der Waals surface area contributed by atoms with Gasteiger partial charge in [0.05, 0.1) is 19.4 Å². The van der Waals surface area contributed by atoms with E-state index < -0.39 is 29.1 Å². The maximum absolute atomic E-state index is 12.2. The molecule has 23 heavy (non-hydrogen) atoms. The molecule has 0 aliphatic carbocycles. The lowest BCUT2D eigenvalue weighted by atomic mass is 10.3. The predicted octanol–water partition coefficient (Wildman–Crippen LogP) is 1.36. The van der Waals surface area contributed by atoms with Crippen LogP contribution in [0.5, 0.6) is 5.75 Å². The monoisotopic (exact) mass is 433 g/mol. The van der Waals surface area contributed by atoms with Gasteiger partial charge in [0, 0.05) is 9.77 Å². The highest BCUT2D eigenvalue weighted by atomic mass is 127. The first-order chi connectivity index (χ1) is 10.9. The number of hydrogen-bond donors (Lipinski definition) is 2. The SMILES string of the molecule is CCOC(=O)Nc1cc(I)cn2c(=O)c(O)c(C(=O)OC)nc12. The first-order valence-corrected chi connectivity index (χ1v) is 7.43. The Kier molecular flexibility index (Phi) is 5.03. The minimum Gasteiger partial charge on any atom is -0.501 e. The van der Waals surface area contributed by atoms with Gasteiger partial charge in [0.15, 0.2) is 11.3 Å². The van der Waals surface area contributed by atoms with E-state index in [2.05, 4.69) is 15.0 Å². The Morgan fingerprint density at radius 1 is 1.48 bits per heavy atom. The Morgan fingerprint density at radius 3 is 2.78 bits per heavy atom. The number of nitrogens with zero attached hydrogens (tertiary/aromatic N) is 2. The van der Waals surface area contributed by atoms with E-state index in [4.69, 9.17) is 4.74 Å². The number of esters is 1. The van der Waals surface area contributed by atoms with Crippen molar-refractivity contribution in [2.45, 2.75) is 6.92 Å². The third-order valence-electron chi connectivity index (χ3n) is 2.76. The molecule has 2 rings (SSSR count). The summed E-state index contributed by atoms with van der Waals surface area (Å²) in [6.07, 6.45) is 0.667. The molecule has 1 amide bonds. The third-order valence-corrected chi connectivity index (χ3v) is 3.35. The number of rotatable bonds is 3. The Labute approximate surface area is 143 Å². The van der Waals surface area contributed by atoms with Gasteiger partial charge in [0.1, 0.15) is 0 Å². The Hall–Kier alpha value is -2.37. The van der Waals surface area contributed by atoms with E-state index >= 15 is 0 Å². The van der Waals surface area contributed by atoms with Crippen molar-refractivity contribution in [3.05, 3.63) is 31.9 Å². The molecule has 0 bridgehead atoms. The van der Waals surface area contributed by atoms with E-state index in [9.17, 15) is 19.5 Å². The molecular weight excluding hydrogens is 421 g/mol. The minimum atomic E-state index is -0.970. The maximum atomic E-state index is 12.2. The fraction of sp³-hybridized carbons (Fsp3) is 0.231. The zero-order valence-corrected chi connectivity index (χ0v) is 14.3. The lowest BCUT2D eigenvalue weighted by Crippen LogP contribution is -2.22. The highest BCUT2D eigenvalue weighted by Crippen LogP contribution is 2.21. The van der Waals surface area contributed by atoms with Crippen LogP contribution in [0.4, 0.5) is 10.5 Å². The first kappa shape index (κ1) is 17.0. The molecule has 10 heteroatoms. The molecule has 2 N–H and O–H groups in total. The van der Waals surface area contributed by atoms with Crippen molar-refractivity contribution in [3.8, 4) is 5.75 Å². The number of carbonyl (C=O) groups excluding carboxylic acids is 2. The van der Waals surface area contributed by atoms with Crippen molar-refractivity contribution < 1.29 is 24.2 Å². The van der Waals surface area contributed by atoms with Crippen molar-refractivity contribution in [3.63, 3.8) is 0 Å². The van der Waals surface area contributed by atoms with Gasteiger partial charge in [-0.25, -0.2) is 14.6 Å². The second-order valence-corrected chi connectivity index (χ2v) is 5.46. The topological polar surface area (TPSA) is 119 Å². The lowest BCUT2D eigenvalue weighted by Gasteiger charge is -2.11. The number of anilines is 1. The minimum absolute atomic E-state index is 0.0262. The Balaban J connectivity index is 2.72. The molecule has 0 fully saturated rings. The molecule has 0 radical (unpaired) electrons. The average molecular weight is 433 g/mol. The largest absolute Gasteiger partial charge is 0.501 e. The molecule has 2 heterocycles. The fourth-order valence-corrected chi connectivity index (χ4v) is 2.40. The number of fused-ring (bicyclic) bond motifs is 1. The summed E-state index contributed by atoms with van der Waals surface area (Å²) in [4.78, 5) is 39.4. The van der Waals surface area contributed by atoms with Crippen LogP contribution in [-0.4, -0.2) is 40.3 Å². The molecule has 9 nitrogen and oxygen atoms in total. The maximum Gasteiger partial charge on any atom is 0.411 e. The van der Waals surface area contributed by atoms with Gasteiger partial charge >= 0.3 is 17.6 Å². The number of carbonyl (C=O) groups is 2. The second kappa shape index (κ2) is 6.81. The molecule has 0 atom stereocenters. The summed E-state index contributed by atoms with van der Waals surface area (Å²) >= 11 is 1.93. The number of nitrogens with one attached hydrogen (secondary N) is 1. The number of ether oxygens (including phenoxy) is 2. The number of halogens is 1. The predicted molar refractivity (Wildman–Crippen MR) is 87.8 cm³/mol. The van der Waals surface area contributed by atoms with Gasteiger partial charge in [0.2, 0.25) is 5.75 Å². The quantitative estimate of drug-likeness (QED) is 0.554. The molecule has 122 valence electrons. The summed E-state index contributed by atoms with van der Waals surface area (Å²) in [5.41, 5.74) is -1.27. The van der Waals surface area contributed by atoms with Crippen molar-refractivity contribution in [2.24, 2.45) is 0 Å². The van der Waals surface area contributed by atoms with E-state index in [1.165, 1.54) is 12.3 Å². The van der Waals surface area contributed by atoms with Crippen LogP contribution in [0, 0.1) is 3.57 Å². The van der Waals surface area contributed by atoms with Crippen molar-refractivity contribution >= 4 is 46.0 Å². The van der Waals surface area contributed by atoms with Crippen molar-refractivity contribution in [1.82, 2.24) is 9.38 Å². The zero-order chi connectivity index (χ0) is 17.1. The normalized spacial score (nSPS) is 10.4. The molecular formula is C13H12IN3O6. The van der Waals surface area contributed by atoms with E-state index in [-0.39, 0.29) is 17.9 Å². The van der Waals surface area contributed by atoms with Crippen LogP contribution in [0.15, 0.2) is 17.1 Å². The summed E-state index contributed by atoms with van der Waals surface area (Å²) in [6, 6.07) is 1.54. The van der Waals surface area contributed by atoms with Gasteiger partial charge in [-0.1, -0.05) is 0 Å². The smallest absolute Gasteiger partial charge is 0.411 e. The fourth-order valence-electron chi connectivity index (χ4n) is 1.81. The van der Waals surface area contributed by atoms with Gasteiger partial charge < -0.3 is 14.6 Å². The zero-order valence-electron chi connectivity index (χ0n) is 12.1. The standard InChI is InChI=1S/C13H12IN3O6/c1-3-23-13(21)15-7-4-6(14)5-17-10(7)16-8(12(20)22-2)9(18)11(17)19/h4-5,18H,3H2,1-2H3,(H,15,21). The Bertz CT molecular complexity index is 848. The van der Waals surface area contributed by atoms with Crippen LogP contribution >= 0.6 is 22.6 Å². The molecule has 0 saturated heterocycles. The van der Waals surface area contributed by atoms with Gasteiger partial charge in [-0.15, -0.1) is 0 Å². The Morgan fingerprint density at radius 2 is 2.17 bits per heavy atom. The highest BCUT2D eigenvalue weighted by molar-refractivity contribution is 14.1. The third kappa shape index (κ3) is 3.36. The van der Waals surface area contributed by atoms with Crippen LogP contribution in [0.25, 0.3) is 5.65 Å². The molecule has 2 aromatic rings. The van der Waals surface area contributed by atoms with Crippen LogP contribution in [0.3, 0.4) is 0 Å². The summed E-state index contributed by atoms with van der Waals surface area (Å²) in [5.74, 6) is -1.80. The van der Waals surface area contributed by atoms with Crippen LogP contribution < -0.4 is 10.9 Å². The molecule has 0 unspecified atom stereocenters. The number of aromatic hydroxyl groups is 1. The van der Waals surface area contributed by atoms with Crippen LogP contribution in [0.1, 0.15) is 17.4 Å². The number of methoxy groups -OCH3 is 1. The number of aromatic nitrogens is 2. The van der Waals surface area contributed by atoms with E-state index in [0.29, 0.717) is 3.57 Å². The molecule has 0 aliphatic rings. The molecule has 0 aliphatic heterocycles. The summed E-state index contributed by atoms with van der Waals surface area (Å²) in [6.45, 7) is 1.80. The molecule has 0 aromatic carbocycles. The average Bonchev–Trinajstić information content (AvgIpc) is 2.50. The van der Waals surface area contributed by atoms with Gasteiger partial charge in [-0.05, 0) is 35.6 Å². The summed E-state index contributed by atoms with van der Waals surface area (Å²) < 4.78 is 10.9. The molecule has 0 spiro atoms. The summed E-state index contributed by atoms with van der Waals surface area (Å²) in [5, 5.41) is 12.3. The van der Waals surface area contributed by atoms with E-state index in [1.54, 1.807) is 6.92 Å². The van der Waals surface area contributed by atoms with Gasteiger partial charge in [-0.2, -0.15) is 0 Å². The van der Waals surface area contributed by atoms with Gasteiger partial charge in [0.25, 0.3) is 0 Å². The van der Waals surface area contributed by atoms with Crippen LogP contribution in [0.2, 0.25) is 0 Å². The number of pyridine rings is 1. The van der Waals surface area contributed by atoms with Crippen molar-refractivity contribution in [1.29, 1.82) is 0 Å². The lowest BCUT2D eigenvalue weighted by molar-refractivity contribution is 0.0590. The number of hydrogen-bond acceptors (Lipinski definition) is 7. The first-order valence-electron chi connectivity index (χ1n) is 6.36. The highest BCUT2D eigenvalue weighted by Gasteiger charge is 2.21. The van der Waals surface area contributed by atoms with Crippen LogP contribution in [-0.2, 0) is 9.47 Å². The molecule has 2 aromatic heterocycles. The number of amides is 1. The summed E-state index contributed by atoms with van der Waals surface area (Å²) in [7, 11) is 1.09. The van der Waals surface area contributed by atoms with E-state index in [0.717, 1.165) is 11.5 Å². The van der Waals surface area contributed by atoms with Crippen molar-refractivity contribution in [2.75, 3.05) is 19.0 Å². The molecule has 0 saturated carbocycles. The van der Waals surface area contributed by atoms with E-state index in [1.807, 2.05) is 22.6 Å². The van der Waals surface area contributed by atoms with Gasteiger partial charge in [-0.3, -0.25) is 14.5 Å². The second-order valence-electron chi connectivity index (χ2n) is 4.22.